The zero-order valence-corrected chi connectivity index (χ0v) is 34.0. The molecule has 0 saturated heterocycles. The molecule has 10 aromatic carbocycles. The van der Waals surface area contributed by atoms with Gasteiger partial charge in [0, 0.05) is 39.2 Å². The summed E-state index contributed by atoms with van der Waals surface area (Å²) in [5.41, 5.74) is 15.4. The Kier molecular flexibility index (Phi) is 8.53. The Bertz CT molecular complexity index is 3610. The molecule has 0 unspecified atom stereocenters. The van der Waals surface area contributed by atoms with Crippen LogP contribution in [0.4, 0.5) is 17.1 Å². The molecule has 2 aromatic heterocycles. The predicted octanol–water partition coefficient (Wildman–Crippen LogP) is 16.7. The number of hydrogen-bond acceptors (Lipinski definition) is 1. The second-order valence-corrected chi connectivity index (χ2v) is 16.0. The van der Waals surface area contributed by atoms with Gasteiger partial charge in [0.05, 0.1) is 22.4 Å². The standard InChI is InChI=1S/C60H40N2/c1-4-18-41(19-5-1)42-33-36-46(37-34-42)62(55-30-13-12-24-48(55)43-20-6-2-7-21-43)56-32-17-28-49-47(27-16-29-52(49)56)45-35-38-51-50-25-10-11-26-53(50)60-59(54(51)40-45)58(44-22-8-3-9-23-44)57-31-14-15-39-61(57)60/h1-40H. The van der Waals surface area contributed by atoms with E-state index in [1.807, 2.05) is 0 Å². The molecule has 0 radical (unpaired) electrons. The maximum absolute atomic E-state index is 2.45. The van der Waals surface area contributed by atoms with E-state index < -0.39 is 0 Å². The summed E-state index contributed by atoms with van der Waals surface area (Å²) in [7, 11) is 0. The lowest BCUT2D eigenvalue weighted by Crippen LogP contribution is -2.11. The van der Waals surface area contributed by atoms with Crippen LogP contribution < -0.4 is 4.90 Å². The lowest BCUT2D eigenvalue weighted by Gasteiger charge is -2.29. The van der Waals surface area contributed by atoms with Gasteiger partial charge >= 0.3 is 0 Å². The Morgan fingerprint density at radius 3 is 1.65 bits per heavy atom. The third-order valence-corrected chi connectivity index (χ3v) is 12.6. The van der Waals surface area contributed by atoms with E-state index in [9.17, 15) is 0 Å². The van der Waals surface area contributed by atoms with Crippen molar-refractivity contribution in [1.82, 2.24) is 4.40 Å². The molecule has 0 spiro atoms. The summed E-state index contributed by atoms with van der Waals surface area (Å²) < 4.78 is 2.39. The van der Waals surface area contributed by atoms with Crippen molar-refractivity contribution in [3.63, 3.8) is 0 Å². The van der Waals surface area contributed by atoms with Crippen LogP contribution in [0.1, 0.15) is 0 Å². The number of hydrogen-bond donors (Lipinski definition) is 0. The lowest BCUT2D eigenvalue weighted by atomic mass is 9.90. The normalized spacial score (nSPS) is 11.5. The molecule has 0 amide bonds. The van der Waals surface area contributed by atoms with E-state index in [1.165, 1.54) is 93.2 Å². The molecule has 2 nitrogen and oxygen atoms in total. The van der Waals surface area contributed by atoms with Crippen molar-refractivity contribution in [3.8, 4) is 44.5 Å². The second-order valence-electron chi connectivity index (χ2n) is 16.0. The zero-order valence-electron chi connectivity index (χ0n) is 34.0. The number of pyridine rings is 1. The summed E-state index contributed by atoms with van der Waals surface area (Å²) in [6.45, 7) is 0. The van der Waals surface area contributed by atoms with E-state index in [1.54, 1.807) is 0 Å². The molecule has 12 aromatic rings. The molecule has 12 rings (SSSR count). The SMILES string of the molecule is c1ccc(-c2ccc(N(c3ccccc3-c3ccccc3)c3cccc4c(-c5ccc6c7ccccc7c7c(c(-c8ccccc8)c8ccccn87)c6c5)cccc34)cc2)cc1. The van der Waals surface area contributed by atoms with Crippen LogP contribution in [0.3, 0.4) is 0 Å². The summed E-state index contributed by atoms with van der Waals surface area (Å²) in [5, 5.41) is 8.70. The Balaban J connectivity index is 1.10. The van der Waals surface area contributed by atoms with Gasteiger partial charge in [-0.25, -0.2) is 0 Å². The fourth-order valence-corrected chi connectivity index (χ4v) is 9.82. The minimum atomic E-state index is 1.10. The van der Waals surface area contributed by atoms with Gasteiger partial charge in [-0.1, -0.05) is 194 Å². The molecule has 2 heterocycles. The largest absolute Gasteiger partial charge is 0.315 e. The van der Waals surface area contributed by atoms with Gasteiger partial charge in [-0.2, -0.15) is 0 Å². The van der Waals surface area contributed by atoms with Crippen LogP contribution >= 0.6 is 0 Å². The van der Waals surface area contributed by atoms with Crippen LogP contribution in [-0.4, -0.2) is 4.40 Å². The third-order valence-electron chi connectivity index (χ3n) is 12.6. The third kappa shape index (κ3) is 5.80. The van der Waals surface area contributed by atoms with Gasteiger partial charge in [-0.15, -0.1) is 0 Å². The van der Waals surface area contributed by atoms with E-state index in [0.717, 1.165) is 17.1 Å². The highest BCUT2D eigenvalue weighted by atomic mass is 15.1. The van der Waals surface area contributed by atoms with Crippen LogP contribution in [0, 0.1) is 0 Å². The maximum Gasteiger partial charge on any atom is 0.0620 e. The van der Waals surface area contributed by atoms with Crippen molar-refractivity contribution in [2.24, 2.45) is 0 Å². The van der Waals surface area contributed by atoms with Crippen LogP contribution in [0.25, 0.3) is 93.2 Å². The first kappa shape index (κ1) is 35.7. The minimum Gasteiger partial charge on any atom is -0.315 e. The highest BCUT2D eigenvalue weighted by Crippen LogP contribution is 2.48. The lowest BCUT2D eigenvalue weighted by molar-refractivity contribution is 1.26. The molecule has 0 fully saturated rings. The number of rotatable bonds is 7. The molecule has 0 atom stereocenters. The molecular weight excluding hydrogens is 749 g/mol. The first-order chi connectivity index (χ1) is 30.8. The quantitative estimate of drug-likeness (QED) is 0.146. The average Bonchev–Trinajstić information content (AvgIpc) is 3.71. The molecule has 0 aliphatic carbocycles. The average molecular weight is 789 g/mol. The summed E-state index contributed by atoms with van der Waals surface area (Å²) in [4.78, 5) is 2.44. The number of benzene rings is 10. The van der Waals surface area contributed by atoms with Crippen LogP contribution in [0.5, 0.6) is 0 Å². The van der Waals surface area contributed by atoms with E-state index in [4.69, 9.17) is 0 Å². The maximum atomic E-state index is 2.45. The van der Waals surface area contributed by atoms with E-state index >= 15 is 0 Å². The Morgan fingerprint density at radius 1 is 0.306 bits per heavy atom. The molecule has 2 heteroatoms. The summed E-state index contributed by atoms with van der Waals surface area (Å²) in [6.07, 6.45) is 2.22. The van der Waals surface area contributed by atoms with Crippen molar-refractivity contribution in [1.29, 1.82) is 0 Å². The summed E-state index contributed by atoms with van der Waals surface area (Å²) >= 11 is 0. The summed E-state index contributed by atoms with van der Waals surface area (Å²) in [6, 6.07) is 86.2. The number of nitrogens with zero attached hydrogens (tertiary/aromatic N) is 2. The smallest absolute Gasteiger partial charge is 0.0620 e. The van der Waals surface area contributed by atoms with Crippen molar-refractivity contribution in [3.05, 3.63) is 243 Å². The molecule has 0 saturated carbocycles. The van der Waals surface area contributed by atoms with Crippen molar-refractivity contribution in [2.45, 2.75) is 0 Å². The van der Waals surface area contributed by atoms with E-state index in [0.29, 0.717) is 0 Å². The molecular formula is C60H40N2. The van der Waals surface area contributed by atoms with Gasteiger partial charge in [0.1, 0.15) is 0 Å². The van der Waals surface area contributed by atoms with Gasteiger partial charge in [0.2, 0.25) is 0 Å². The second kappa shape index (κ2) is 14.8. The fourth-order valence-electron chi connectivity index (χ4n) is 9.82. The van der Waals surface area contributed by atoms with Gasteiger partial charge in [-0.05, 0) is 97.4 Å². The predicted molar refractivity (Wildman–Crippen MR) is 264 cm³/mol. The van der Waals surface area contributed by atoms with Crippen molar-refractivity contribution < 1.29 is 0 Å². The molecule has 290 valence electrons. The fraction of sp³-hybridized carbons (Fsp3) is 0. The van der Waals surface area contributed by atoms with Gasteiger partial charge < -0.3 is 9.30 Å². The first-order valence-electron chi connectivity index (χ1n) is 21.3. The number of fused-ring (bicyclic) bond motifs is 9. The highest BCUT2D eigenvalue weighted by molar-refractivity contribution is 6.31. The first-order valence-corrected chi connectivity index (χ1v) is 21.3. The van der Waals surface area contributed by atoms with Crippen molar-refractivity contribution in [2.75, 3.05) is 4.90 Å². The van der Waals surface area contributed by atoms with Gasteiger partial charge in [0.25, 0.3) is 0 Å². The zero-order chi connectivity index (χ0) is 41.0. The molecule has 0 aliphatic heterocycles. The van der Waals surface area contributed by atoms with Crippen LogP contribution in [0.2, 0.25) is 0 Å². The van der Waals surface area contributed by atoms with Crippen molar-refractivity contribution >= 4 is 65.8 Å². The molecule has 62 heavy (non-hydrogen) atoms. The number of anilines is 3. The minimum absolute atomic E-state index is 1.10. The molecule has 0 bridgehead atoms. The van der Waals surface area contributed by atoms with E-state index in [-0.39, 0.29) is 0 Å². The van der Waals surface area contributed by atoms with Crippen LogP contribution in [0.15, 0.2) is 243 Å². The van der Waals surface area contributed by atoms with Crippen LogP contribution in [-0.2, 0) is 0 Å². The Labute approximate surface area is 360 Å². The number of aromatic nitrogens is 1. The highest BCUT2D eigenvalue weighted by Gasteiger charge is 2.22. The van der Waals surface area contributed by atoms with Gasteiger partial charge in [0.15, 0.2) is 0 Å². The monoisotopic (exact) mass is 788 g/mol. The Morgan fingerprint density at radius 2 is 0.855 bits per heavy atom. The molecule has 0 aliphatic rings. The summed E-state index contributed by atoms with van der Waals surface area (Å²) in [5.74, 6) is 0. The molecule has 0 N–H and O–H groups in total. The topological polar surface area (TPSA) is 7.65 Å². The van der Waals surface area contributed by atoms with E-state index in [2.05, 4.69) is 252 Å². The van der Waals surface area contributed by atoms with Gasteiger partial charge in [-0.3, -0.25) is 0 Å². The number of para-hydroxylation sites is 1. The Hall–Kier alpha value is -8.20.